The van der Waals surface area contributed by atoms with Crippen LogP contribution in [0.2, 0.25) is 0 Å². The van der Waals surface area contributed by atoms with E-state index in [1.807, 2.05) is 6.08 Å². The number of aliphatic hydroxyl groups excluding tert-OH is 5. The molecule has 0 bridgehead atoms. The number of rotatable bonds is 46. The van der Waals surface area contributed by atoms with E-state index in [1.165, 1.54) is 173 Å². The summed E-state index contributed by atoms with van der Waals surface area (Å²) in [4.78, 5) is 13.0. The fraction of sp³-hybridized carbons (Fsp3) is 0.839. The van der Waals surface area contributed by atoms with Crippen LogP contribution in [-0.2, 0) is 14.3 Å². The molecule has 1 aliphatic heterocycles. The summed E-state index contributed by atoms with van der Waals surface area (Å²) >= 11 is 0. The maximum atomic E-state index is 13.0. The Morgan fingerprint density at radius 2 is 0.877 bits per heavy atom. The van der Waals surface area contributed by atoms with Gasteiger partial charge in [-0.2, -0.15) is 0 Å². The number of nitrogens with one attached hydrogen (secondary N) is 1. The number of unbranched alkanes of at least 4 members (excludes halogenated alkanes) is 30. The first-order valence-electron chi connectivity index (χ1n) is 27.4. The highest BCUT2D eigenvalue weighted by molar-refractivity contribution is 5.76. The molecule has 0 saturated carbocycles. The van der Waals surface area contributed by atoms with E-state index in [4.69, 9.17) is 9.47 Å². The van der Waals surface area contributed by atoms with Gasteiger partial charge >= 0.3 is 0 Å². The Hall–Kier alpha value is -1.85. The lowest BCUT2D eigenvalue weighted by Crippen LogP contribution is -2.60. The molecule has 0 aromatic carbocycles. The van der Waals surface area contributed by atoms with Gasteiger partial charge in [-0.05, 0) is 70.6 Å². The Labute approximate surface area is 399 Å². The molecule has 65 heavy (non-hydrogen) atoms. The van der Waals surface area contributed by atoms with Crippen LogP contribution in [-0.4, -0.2) is 87.5 Å². The maximum Gasteiger partial charge on any atom is 0.220 e. The van der Waals surface area contributed by atoms with E-state index in [-0.39, 0.29) is 12.5 Å². The molecular weight excluding hydrogens is 815 g/mol. The van der Waals surface area contributed by atoms with Crippen LogP contribution in [0.1, 0.15) is 245 Å². The molecule has 380 valence electrons. The standard InChI is InChI=1S/C56H103NO8/c1-3-5-7-9-11-13-15-17-19-21-22-23-24-25-26-27-28-30-32-34-36-38-40-42-44-46-52(60)57-49(48-64-56-55(63)54(62)53(61)51(47-58)65-56)50(59)45-43-41-39-37-35-33-31-29-20-18-16-14-12-10-8-6-4-2/h20-22,29,35,37,43,45,49-51,53-56,58-59,61-63H,3-19,23-28,30-34,36,38-42,44,46-48H2,1-2H3,(H,57,60)/b22-21-,29-20+,37-35+,45-43+. The molecule has 1 amide bonds. The Bertz CT molecular complexity index is 1160. The van der Waals surface area contributed by atoms with Crippen LogP contribution in [0, 0.1) is 0 Å². The minimum atomic E-state index is -1.57. The highest BCUT2D eigenvalue weighted by Gasteiger charge is 2.44. The first-order valence-corrected chi connectivity index (χ1v) is 27.4. The van der Waals surface area contributed by atoms with Crippen molar-refractivity contribution in [2.75, 3.05) is 13.2 Å². The number of allylic oxidation sites excluding steroid dienone is 7. The second kappa shape index (κ2) is 45.9. The van der Waals surface area contributed by atoms with Crippen molar-refractivity contribution in [1.29, 1.82) is 0 Å². The van der Waals surface area contributed by atoms with E-state index in [9.17, 15) is 30.3 Å². The number of carbonyl (C=O) groups excluding carboxylic acids is 1. The zero-order valence-electron chi connectivity index (χ0n) is 42.0. The molecule has 1 saturated heterocycles. The summed E-state index contributed by atoms with van der Waals surface area (Å²) in [5, 5.41) is 54.4. The Kier molecular flexibility index (Phi) is 43.2. The Morgan fingerprint density at radius 3 is 1.29 bits per heavy atom. The van der Waals surface area contributed by atoms with E-state index in [0.717, 1.165) is 51.4 Å². The van der Waals surface area contributed by atoms with Gasteiger partial charge in [0.2, 0.25) is 5.91 Å². The lowest BCUT2D eigenvalue weighted by Gasteiger charge is -2.40. The molecule has 9 nitrogen and oxygen atoms in total. The predicted molar refractivity (Wildman–Crippen MR) is 272 cm³/mol. The summed E-state index contributed by atoms with van der Waals surface area (Å²) in [5.41, 5.74) is 0. The van der Waals surface area contributed by atoms with Crippen molar-refractivity contribution in [3.05, 3.63) is 48.6 Å². The first-order chi connectivity index (χ1) is 31.8. The van der Waals surface area contributed by atoms with Crippen molar-refractivity contribution >= 4 is 5.91 Å². The van der Waals surface area contributed by atoms with E-state index in [2.05, 4.69) is 55.6 Å². The van der Waals surface area contributed by atoms with Crippen molar-refractivity contribution in [2.45, 2.75) is 288 Å². The number of ether oxygens (including phenoxy) is 2. The number of carbonyl (C=O) groups is 1. The molecule has 0 aliphatic carbocycles. The molecule has 6 N–H and O–H groups in total. The van der Waals surface area contributed by atoms with Crippen molar-refractivity contribution in [3.63, 3.8) is 0 Å². The monoisotopic (exact) mass is 918 g/mol. The zero-order valence-corrected chi connectivity index (χ0v) is 42.0. The summed E-state index contributed by atoms with van der Waals surface area (Å²) in [6, 6.07) is -0.828. The molecule has 0 aromatic heterocycles. The fourth-order valence-corrected chi connectivity index (χ4v) is 8.48. The highest BCUT2D eigenvalue weighted by atomic mass is 16.7. The third-order valence-electron chi connectivity index (χ3n) is 12.9. The largest absolute Gasteiger partial charge is 0.394 e. The van der Waals surface area contributed by atoms with Crippen molar-refractivity contribution in [2.24, 2.45) is 0 Å². The van der Waals surface area contributed by atoms with Gasteiger partial charge in [0.25, 0.3) is 0 Å². The lowest BCUT2D eigenvalue weighted by atomic mass is 9.99. The summed E-state index contributed by atoms with van der Waals surface area (Å²) < 4.78 is 11.2. The molecule has 1 aliphatic rings. The average Bonchev–Trinajstić information content (AvgIpc) is 3.31. The van der Waals surface area contributed by atoms with E-state index < -0.39 is 49.5 Å². The van der Waals surface area contributed by atoms with Gasteiger partial charge in [-0.1, -0.05) is 217 Å². The number of hydrogen-bond donors (Lipinski definition) is 6. The molecular formula is C56H103NO8. The fourth-order valence-electron chi connectivity index (χ4n) is 8.48. The van der Waals surface area contributed by atoms with Gasteiger partial charge in [0.05, 0.1) is 25.4 Å². The molecule has 1 rings (SSSR count). The Balaban J connectivity index is 2.26. The molecule has 9 heteroatoms. The highest BCUT2D eigenvalue weighted by Crippen LogP contribution is 2.23. The zero-order chi connectivity index (χ0) is 47.3. The molecule has 7 unspecified atom stereocenters. The molecule has 7 atom stereocenters. The second-order valence-corrected chi connectivity index (χ2v) is 19.0. The van der Waals surface area contributed by atoms with Crippen LogP contribution >= 0.6 is 0 Å². The first kappa shape index (κ1) is 61.2. The SMILES string of the molecule is CCCCCCCCC/C=C/CC/C=C/CC/C=C/C(O)C(COC1OC(CO)C(O)C(O)C1O)NC(=O)CCCCCCCCCCCCCCC/C=C\CCCCCCCCCC. The predicted octanol–water partition coefficient (Wildman–Crippen LogP) is 13.0. The third kappa shape index (κ3) is 35.9. The maximum absolute atomic E-state index is 13.0. The summed E-state index contributed by atoms with van der Waals surface area (Å²) in [7, 11) is 0. The topological polar surface area (TPSA) is 149 Å². The smallest absolute Gasteiger partial charge is 0.220 e. The van der Waals surface area contributed by atoms with Crippen molar-refractivity contribution in [3.8, 4) is 0 Å². The number of amides is 1. The lowest BCUT2D eigenvalue weighted by molar-refractivity contribution is -0.302. The van der Waals surface area contributed by atoms with Crippen LogP contribution in [0.25, 0.3) is 0 Å². The van der Waals surface area contributed by atoms with Crippen LogP contribution in [0.15, 0.2) is 48.6 Å². The third-order valence-corrected chi connectivity index (χ3v) is 12.9. The van der Waals surface area contributed by atoms with Crippen LogP contribution < -0.4 is 5.32 Å². The van der Waals surface area contributed by atoms with Gasteiger partial charge in [-0.25, -0.2) is 0 Å². The summed E-state index contributed by atoms with van der Waals surface area (Å²) in [6.07, 6.45) is 53.1. The quantitative estimate of drug-likeness (QED) is 0.0261. The normalized spacial score (nSPS) is 20.3. The number of aliphatic hydroxyl groups is 5. The summed E-state index contributed by atoms with van der Waals surface area (Å²) in [6.45, 7) is 3.76. The van der Waals surface area contributed by atoms with Crippen LogP contribution in [0.4, 0.5) is 0 Å². The minimum absolute atomic E-state index is 0.190. The van der Waals surface area contributed by atoms with E-state index in [0.29, 0.717) is 6.42 Å². The second-order valence-electron chi connectivity index (χ2n) is 19.0. The van der Waals surface area contributed by atoms with Gasteiger partial charge in [-0.15, -0.1) is 0 Å². The van der Waals surface area contributed by atoms with Crippen LogP contribution in [0.5, 0.6) is 0 Å². The van der Waals surface area contributed by atoms with Gasteiger partial charge in [0.15, 0.2) is 6.29 Å². The van der Waals surface area contributed by atoms with Crippen molar-refractivity contribution < 1.29 is 39.8 Å². The van der Waals surface area contributed by atoms with Gasteiger partial charge in [0, 0.05) is 6.42 Å². The summed E-state index contributed by atoms with van der Waals surface area (Å²) in [5.74, 6) is -0.190. The van der Waals surface area contributed by atoms with Crippen LogP contribution in [0.3, 0.4) is 0 Å². The van der Waals surface area contributed by atoms with E-state index in [1.54, 1.807) is 6.08 Å². The molecule has 0 spiro atoms. The Morgan fingerprint density at radius 1 is 0.508 bits per heavy atom. The molecule has 0 aromatic rings. The van der Waals surface area contributed by atoms with E-state index >= 15 is 0 Å². The van der Waals surface area contributed by atoms with Gasteiger partial charge in [0.1, 0.15) is 24.4 Å². The minimum Gasteiger partial charge on any atom is -0.394 e. The van der Waals surface area contributed by atoms with Crippen molar-refractivity contribution in [1.82, 2.24) is 5.32 Å². The number of hydrogen-bond acceptors (Lipinski definition) is 8. The molecule has 0 radical (unpaired) electrons. The van der Waals surface area contributed by atoms with Gasteiger partial charge < -0.3 is 40.3 Å². The van der Waals surface area contributed by atoms with Gasteiger partial charge in [-0.3, -0.25) is 4.79 Å². The average molecular weight is 918 g/mol. The molecule has 1 heterocycles. The molecule has 1 fully saturated rings.